The van der Waals surface area contributed by atoms with Crippen molar-refractivity contribution >= 4 is 23.6 Å². The van der Waals surface area contributed by atoms with Gasteiger partial charge < -0.3 is 29.8 Å². The largest absolute Gasteiger partial charge is 0.392 e. The van der Waals surface area contributed by atoms with E-state index in [1.54, 1.807) is 18.1 Å². The third-order valence-electron chi connectivity index (χ3n) is 8.07. The Morgan fingerprint density at radius 3 is 2.45 bits per heavy atom. The Morgan fingerprint density at radius 2 is 1.72 bits per heavy atom. The van der Waals surface area contributed by atoms with Gasteiger partial charge in [0, 0.05) is 51.2 Å². The highest BCUT2D eigenvalue weighted by atomic mass is 32.2. The van der Waals surface area contributed by atoms with Crippen LogP contribution in [0.15, 0.2) is 84.3 Å². The summed E-state index contributed by atoms with van der Waals surface area (Å²) < 4.78 is 14.9. The number of carbonyl (C=O) groups is 2. The van der Waals surface area contributed by atoms with E-state index < -0.39 is 6.29 Å². The number of rotatable bonds is 15. The molecule has 1 aliphatic rings. The number of aryl methyl sites for hydroxylation is 1. The molecule has 1 aromatic heterocycles. The molecule has 11 heteroatoms. The summed E-state index contributed by atoms with van der Waals surface area (Å²) in [5.74, 6) is 0.711. The molecule has 248 valence electrons. The van der Waals surface area contributed by atoms with E-state index in [0.29, 0.717) is 31.7 Å². The van der Waals surface area contributed by atoms with E-state index >= 15 is 0 Å². The van der Waals surface area contributed by atoms with E-state index in [2.05, 4.69) is 45.1 Å². The number of benzene rings is 3. The molecule has 2 amide bonds. The first-order valence-corrected chi connectivity index (χ1v) is 17.0. The minimum atomic E-state index is -0.544. The van der Waals surface area contributed by atoms with Gasteiger partial charge >= 0.3 is 0 Å². The topological polar surface area (TPSA) is 128 Å². The van der Waals surface area contributed by atoms with Gasteiger partial charge in [-0.2, -0.15) is 0 Å². The first-order chi connectivity index (χ1) is 22.9. The summed E-state index contributed by atoms with van der Waals surface area (Å²) in [5.41, 5.74) is 5.99. The van der Waals surface area contributed by atoms with E-state index in [-0.39, 0.29) is 30.6 Å². The van der Waals surface area contributed by atoms with E-state index in [4.69, 9.17) is 9.47 Å². The van der Waals surface area contributed by atoms with Crippen molar-refractivity contribution in [2.75, 3.05) is 12.3 Å². The van der Waals surface area contributed by atoms with Crippen LogP contribution >= 0.6 is 11.8 Å². The summed E-state index contributed by atoms with van der Waals surface area (Å²) in [4.78, 5) is 23.3. The quantitative estimate of drug-likeness (QED) is 0.111. The molecule has 47 heavy (non-hydrogen) atoms. The molecule has 5 rings (SSSR count). The normalized spacial score (nSPS) is 17.7. The molecule has 0 radical (unpaired) electrons. The second-order valence-corrected chi connectivity index (χ2v) is 12.8. The monoisotopic (exact) mass is 657 g/mol. The molecule has 0 bridgehead atoms. The van der Waals surface area contributed by atoms with Crippen LogP contribution in [0.1, 0.15) is 73.7 Å². The van der Waals surface area contributed by atoms with Crippen molar-refractivity contribution in [2.24, 2.45) is 7.05 Å². The van der Waals surface area contributed by atoms with Crippen molar-refractivity contribution in [3.05, 3.63) is 101 Å². The Kier molecular flexibility index (Phi) is 12.6. The molecule has 1 saturated heterocycles. The molecule has 1 fully saturated rings. The molecular formula is C36H43N5O5S. The van der Waals surface area contributed by atoms with E-state index in [9.17, 15) is 14.7 Å². The standard InChI is InChI=1S/C36H43N5O5S/c1-25(43)37-18-5-3-4-9-34(44)38-21-27-7-6-8-31(19-27)28-14-16-30(17-15-28)35-45-32(23-47-36-40-39-24-41(36)2)20-33(46-35)29-12-10-26(22-42)11-13-29/h6-8,10-17,19,24,32-33,35,42H,3-5,9,18,20-23H2,1-2H3,(H,37,43)(H,38,44). The Hall–Kier alpha value is -4.03. The van der Waals surface area contributed by atoms with Crippen molar-refractivity contribution in [1.82, 2.24) is 25.4 Å². The average molecular weight is 658 g/mol. The lowest BCUT2D eigenvalue weighted by Crippen LogP contribution is -2.31. The van der Waals surface area contributed by atoms with Crippen molar-refractivity contribution in [1.29, 1.82) is 0 Å². The first kappa shape index (κ1) is 34.3. The second-order valence-electron chi connectivity index (χ2n) is 11.8. The fourth-order valence-corrected chi connectivity index (χ4v) is 6.33. The Morgan fingerprint density at radius 1 is 0.936 bits per heavy atom. The van der Waals surface area contributed by atoms with Gasteiger partial charge in [0.1, 0.15) is 6.33 Å². The van der Waals surface area contributed by atoms with Crippen LogP contribution in [0.2, 0.25) is 0 Å². The number of aliphatic hydroxyl groups excluding tert-OH is 1. The minimum absolute atomic E-state index is 0.00142. The minimum Gasteiger partial charge on any atom is -0.392 e. The predicted octanol–water partition coefficient (Wildman–Crippen LogP) is 5.62. The number of unbranched alkanes of at least 4 members (excludes halogenated alkanes) is 2. The number of thioether (sulfide) groups is 1. The SMILES string of the molecule is CC(=O)NCCCCCC(=O)NCc1cccc(-c2ccc(C3OC(CSc4nncn4C)CC(c4ccc(CO)cc4)O3)cc2)c1. The van der Waals surface area contributed by atoms with Crippen LogP contribution in [-0.2, 0) is 39.3 Å². The van der Waals surface area contributed by atoms with Crippen molar-refractivity contribution in [2.45, 2.75) is 75.8 Å². The summed E-state index contributed by atoms with van der Waals surface area (Å²) in [7, 11) is 1.93. The summed E-state index contributed by atoms with van der Waals surface area (Å²) in [6.45, 7) is 2.63. The Bertz CT molecular complexity index is 1590. The molecule has 0 saturated carbocycles. The fraction of sp³-hybridized carbons (Fsp3) is 0.389. The van der Waals surface area contributed by atoms with Gasteiger partial charge in [-0.3, -0.25) is 9.59 Å². The zero-order valence-corrected chi connectivity index (χ0v) is 27.7. The highest BCUT2D eigenvalue weighted by Gasteiger charge is 2.32. The summed E-state index contributed by atoms with van der Waals surface area (Å²) in [6.07, 6.45) is 4.64. The van der Waals surface area contributed by atoms with E-state index in [1.165, 1.54) is 6.92 Å². The number of aliphatic hydroxyl groups is 1. The average Bonchev–Trinajstić information content (AvgIpc) is 3.52. The van der Waals surface area contributed by atoms with E-state index in [0.717, 1.165) is 57.8 Å². The maximum atomic E-state index is 12.4. The van der Waals surface area contributed by atoms with Crippen molar-refractivity contribution in [3.63, 3.8) is 0 Å². The van der Waals surface area contributed by atoms with Crippen LogP contribution in [0.5, 0.6) is 0 Å². The highest BCUT2D eigenvalue weighted by molar-refractivity contribution is 7.99. The van der Waals surface area contributed by atoms with Crippen LogP contribution in [0.3, 0.4) is 0 Å². The lowest BCUT2D eigenvalue weighted by atomic mass is 9.99. The van der Waals surface area contributed by atoms with Gasteiger partial charge in [0.25, 0.3) is 0 Å². The van der Waals surface area contributed by atoms with Crippen LogP contribution in [0.25, 0.3) is 11.1 Å². The summed E-state index contributed by atoms with van der Waals surface area (Å²) >= 11 is 1.61. The fourth-order valence-electron chi connectivity index (χ4n) is 5.43. The van der Waals surface area contributed by atoms with E-state index in [1.807, 2.05) is 60.1 Å². The Labute approximate surface area is 280 Å². The third kappa shape index (κ3) is 10.2. The lowest BCUT2D eigenvalue weighted by Gasteiger charge is -2.36. The number of hydrogen-bond donors (Lipinski definition) is 3. The lowest BCUT2D eigenvalue weighted by molar-refractivity contribution is -0.245. The molecular weight excluding hydrogens is 614 g/mol. The molecule has 3 atom stereocenters. The smallest absolute Gasteiger partial charge is 0.220 e. The molecule has 0 aliphatic carbocycles. The van der Waals surface area contributed by atoms with Gasteiger partial charge in [-0.25, -0.2) is 0 Å². The van der Waals surface area contributed by atoms with Gasteiger partial charge in [0.15, 0.2) is 11.4 Å². The zero-order chi connectivity index (χ0) is 33.0. The molecule has 3 N–H and O–H groups in total. The second kappa shape index (κ2) is 17.2. The number of carbonyl (C=O) groups excluding carboxylic acids is 2. The molecule has 0 spiro atoms. The molecule has 10 nitrogen and oxygen atoms in total. The first-order valence-electron chi connectivity index (χ1n) is 16.1. The van der Waals surface area contributed by atoms with Crippen LogP contribution < -0.4 is 10.6 Å². The maximum absolute atomic E-state index is 12.4. The maximum Gasteiger partial charge on any atom is 0.220 e. The van der Waals surface area contributed by atoms with Gasteiger partial charge in [-0.15, -0.1) is 10.2 Å². The number of hydrogen-bond acceptors (Lipinski definition) is 8. The summed E-state index contributed by atoms with van der Waals surface area (Å²) in [6, 6.07) is 24.3. The molecule has 2 heterocycles. The Balaban J connectivity index is 1.20. The van der Waals surface area contributed by atoms with Gasteiger partial charge in [0.2, 0.25) is 11.8 Å². The van der Waals surface area contributed by atoms with Gasteiger partial charge in [-0.1, -0.05) is 84.9 Å². The third-order valence-corrected chi connectivity index (χ3v) is 9.24. The molecule has 3 unspecified atom stereocenters. The molecule has 3 aromatic carbocycles. The van der Waals surface area contributed by atoms with Crippen molar-refractivity contribution < 1.29 is 24.2 Å². The summed E-state index contributed by atoms with van der Waals surface area (Å²) in [5, 5.41) is 24.3. The van der Waals surface area contributed by atoms with Crippen molar-refractivity contribution in [3.8, 4) is 11.1 Å². The van der Waals surface area contributed by atoms with Crippen LogP contribution in [0, 0.1) is 0 Å². The number of nitrogens with one attached hydrogen (secondary N) is 2. The zero-order valence-electron chi connectivity index (χ0n) is 26.9. The number of aromatic nitrogens is 3. The van der Waals surface area contributed by atoms with Gasteiger partial charge in [0.05, 0.1) is 18.8 Å². The van der Waals surface area contributed by atoms with Crippen LogP contribution in [-0.4, -0.2) is 50.1 Å². The number of ether oxygens (including phenoxy) is 2. The number of amides is 2. The molecule has 4 aromatic rings. The predicted molar refractivity (Wildman–Crippen MR) is 181 cm³/mol. The highest BCUT2D eigenvalue weighted by Crippen LogP contribution is 2.39. The molecule has 1 aliphatic heterocycles. The van der Waals surface area contributed by atoms with Gasteiger partial charge in [-0.05, 0) is 46.7 Å². The van der Waals surface area contributed by atoms with Crippen LogP contribution in [0.4, 0.5) is 0 Å². The number of nitrogens with zero attached hydrogens (tertiary/aromatic N) is 3.